The lowest BCUT2D eigenvalue weighted by Crippen LogP contribution is -2.46. The molecular weight excluding hydrogens is 400 g/mol. The van der Waals surface area contributed by atoms with Gasteiger partial charge in [-0.15, -0.1) is 0 Å². The van der Waals surface area contributed by atoms with Gasteiger partial charge in [0.05, 0.1) is 14.2 Å². The average molecular weight is 443 g/mol. The van der Waals surface area contributed by atoms with Crippen molar-refractivity contribution in [3.05, 3.63) is 23.3 Å². The number of nitrogens with zero attached hydrogens (tertiary/aromatic N) is 1. The Labute approximate surface area is 194 Å². The van der Waals surface area contributed by atoms with Crippen LogP contribution in [0.4, 0.5) is 0 Å². The summed E-state index contributed by atoms with van der Waals surface area (Å²) in [4.78, 5) is 15.6. The smallest absolute Gasteiger partial charge is 0.161 e. The van der Waals surface area contributed by atoms with Gasteiger partial charge < -0.3 is 14.8 Å². The summed E-state index contributed by atoms with van der Waals surface area (Å²) >= 11 is 0. The molecule has 3 aliphatic heterocycles. The lowest BCUT2D eigenvalue weighted by atomic mass is 9.72. The molecule has 1 aromatic carbocycles. The van der Waals surface area contributed by atoms with Gasteiger partial charge in [0.1, 0.15) is 5.78 Å². The van der Waals surface area contributed by atoms with Crippen molar-refractivity contribution in [1.82, 2.24) is 10.2 Å². The highest BCUT2D eigenvalue weighted by Crippen LogP contribution is 2.46. The number of methoxy groups -OCH3 is 2. The molecule has 1 N–H and O–H groups in total. The molecule has 0 aliphatic carbocycles. The van der Waals surface area contributed by atoms with Gasteiger partial charge in [-0.05, 0) is 92.6 Å². The molecule has 0 bridgehead atoms. The van der Waals surface area contributed by atoms with Gasteiger partial charge in [-0.2, -0.15) is 0 Å². The first kappa shape index (κ1) is 23.6. The third kappa shape index (κ3) is 5.14. The number of ether oxygens (including phenoxy) is 2. The molecule has 1 aromatic rings. The fourth-order valence-electron chi connectivity index (χ4n) is 6.41. The van der Waals surface area contributed by atoms with E-state index in [1.165, 1.54) is 17.5 Å². The fourth-order valence-corrected chi connectivity index (χ4v) is 6.41. The van der Waals surface area contributed by atoms with Crippen LogP contribution in [0.25, 0.3) is 0 Å². The number of fused-ring (bicyclic) bond motifs is 3. The number of ketones is 1. The SMILES string of the molecule is COc1cc2c(cc1OC)C1CC(CCC(=O)C3CCNCC3)C(CC(C)C)CN1CC2. The summed E-state index contributed by atoms with van der Waals surface area (Å²) in [6.07, 6.45) is 7.32. The van der Waals surface area contributed by atoms with Gasteiger partial charge in [0.15, 0.2) is 11.5 Å². The van der Waals surface area contributed by atoms with Crippen LogP contribution in [-0.4, -0.2) is 51.1 Å². The molecule has 3 unspecified atom stereocenters. The van der Waals surface area contributed by atoms with Crippen LogP contribution in [0.2, 0.25) is 0 Å². The quantitative estimate of drug-likeness (QED) is 0.636. The van der Waals surface area contributed by atoms with Crippen molar-refractivity contribution in [2.75, 3.05) is 40.4 Å². The predicted octanol–water partition coefficient (Wildman–Crippen LogP) is 4.63. The number of rotatable bonds is 8. The van der Waals surface area contributed by atoms with Gasteiger partial charge >= 0.3 is 0 Å². The number of Topliss-reactive ketones (excluding diaryl/α,β-unsaturated/α-hetero) is 1. The minimum atomic E-state index is 0.284. The number of nitrogens with one attached hydrogen (secondary N) is 1. The highest BCUT2D eigenvalue weighted by molar-refractivity contribution is 5.81. The molecule has 3 aliphatic rings. The Morgan fingerprint density at radius 1 is 1.12 bits per heavy atom. The zero-order chi connectivity index (χ0) is 22.7. The molecule has 178 valence electrons. The van der Waals surface area contributed by atoms with Crippen LogP contribution in [0.3, 0.4) is 0 Å². The van der Waals surface area contributed by atoms with Crippen molar-refractivity contribution >= 4 is 5.78 Å². The second kappa shape index (κ2) is 10.6. The molecule has 2 saturated heterocycles. The van der Waals surface area contributed by atoms with Gasteiger partial charge in [0.2, 0.25) is 0 Å². The standard InChI is InChI=1S/C27H42N2O3/c1-18(2)13-22-17-29-12-9-21-15-26(31-3)27(32-4)16-23(21)24(29)14-20(22)5-6-25(30)19-7-10-28-11-8-19/h15-16,18-20,22,24,28H,5-14,17H2,1-4H3. The monoisotopic (exact) mass is 442 g/mol. The zero-order valence-electron chi connectivity index (χ0n) is 20.5. The van der Waals surface area contributed by atoms with E-state index in [0.717, 1.165) is 76.2 Å². The molecule has 0 amide bonds. The molecule has 0 saturated carbocycles. The van der Waals surface area contributed by atoms with Crippen LogP contribution < -0.4 is 14.8 Å². The first-order valence-corrected chi connectivity index (χ1v) is 12.7. The van der Waals surface area contributed by atoms with Gasteiger partial charge in [-0.3, -0.25) is 9.69 Å². The number of carbonyl (C=O) groups excluding carboxylic acids is 1. The summed E-state index contributed by atoms with van der Waals surface area (Å²) in [7, 11) is 3.44. The summed E-state index contributed by atoms with van der Waals surface area (Å²) in [5, 5.41) is 3.38. The summed E-state index contributed by atoms with van der Waals surface area (Å²) in [6.45, 7) is 8.94. The van der Waals surface area contributed by atoms with Crippen LogP contribution in [0, 0.1) is 23.7 Å². The molecule has 3 atom stereocenters. The molecule has 0 radical (unpaired) electrons. The molecule has 0 spiro atoms. The van der Waals surface area contributed by atoms with Crippen molar-refractivity contribution in [3.63, 3.8) is 0 Å². The minimum Gasteiger partial charge on any atom is -0.493 e. The second-order valence-electron chi connectivity index (χ2n) is 10.6. The van der Waals surface area contributed by atoms with Crippen molar-refractivity contribution in [2.24, 2.45) is 23.7 Å². The molecule has 4 rings (SSSR count). The van der Waals surface area contributed by atoms with Crippen LogP contribution in [0.15, 0.2) is 12.1 Å². The van der Waals surface area contributed by atoms with E-state index in [1.807, 2.05) is 0 Å². The maximum Gasteiger partial charge on any atom is 0.161 e. The highest BCUT2D eigenvalue weighted by Gasteiger charge is 2.39. The van der Waals surface area contributed by atoms with E-state index in [-0.39, 0.29) is 5.92 Å². The van der Waals surface area contributed by atoms with Crippen molar-refractivity contribution < 1.29 is 14.3 Å². The normalized spacial score (nSPS) is 26.5. The maximum absolute atomic E-state index is 12.9. The van der Waals surface area contributed by atoms with Crippen molar-refractivity contribution in [1.29, 1.82) is 0 Å². The topological polar surface area (TPSA) is 50.8 Å². The number of piperidine rings is 2. The van der Waals surface area contributed by atoms with Gasteiger partial charge in [-0.1, -0.05) is 13.8 Å². The summed E-state index contributed by atoms with van der Waals surface area (Å²) in [5.41, 5.74) is 2.81. The molecular formula is C27H42N2O3. The summed E-state index contributed by atoms with van der Waals surface area (Å²) < 4.78 is 11.2. The first-order valence-electron chi connectivity index (χ1n) is 12.7. The lowest BCUT2D eigenvalue weighted by Gasteiger charge is -2.48. The summed E-state index contributed by atoms with van der Waals surface area (Å²) in [6, 6.07) is 4.83. The number of benzene rings is 1. The Morgan fingerprint density at radius 3 is 2.53 bits per heavy atom. The third-order valence-corrected chi connectivity index (χ3v) is 8.11. The van der Waals surface area contributed by atoms with Crippen molar-refractivity contribution in [3.8, 4) is 11.5 Å². The second-order valence-corrected chi connectivity index (χ2v) is 10.6. The van der Waals surface area contributed by atoms with E-state index in [1.54, 1.807) is 14.2 Å². The van der Waals surface area contributed by atoms with E-state index in [4.69, 9.17) is 9.47 Å². The van der Waals surface area contributed by atoms with Crippen LogP contribution in [0.1, 0.15) is 69.5 Å². The number of carbonyl (C=O) groups is 1. The highest BCUT2D eigenvalue weighted by atomic mass is 16.5. The van der Waals surface area contributed by atoms with Gasteiger partial charge in [0, 0.05) is 31.5 Å². The molecule has 3 heterocycles. The Balaban J connectivity index is 1.51. The summed E-state index contributed by atoms with van der Waals surface area (Å²) in [5.74, 6) is 4.45. The Morgan fingerprint density at radius 2 is 1.84 bits per heavy atom. The van der Waals surface area contributed by atoms with Gasteiger partial charge in [0.25, 0.3) is 0 Å². The van der Waals surface area contributed by atoms with E-state index >= 15 is 0 Å². The van der Waals surface area contributed by atoms with Crippen LogP contribution in [-0.2, 0) is 11.2 Å². The predicted molar refractivity (Wildman–Crippen MR) is 128 cm³/mol. The van der Waals surface area contributed by atoms with E-state index in [2.05, 4.69) is 36.2 Å². The molecule has 5 heteroatoms. The molecule has 5 nitrogen and oxygen atoms in total. The first-order chi connectivity index (χ1) is 15.5. The third-order valence-electron chi connectivity index (χ3n) is 8.11. The maximum atomic E-state index is 12.9. The molecule has 2 fully saturated rings. The van der Waals surface area contributed by atoms with E-state index in [0.29, 0.717) is 29.6 Å². The minimum absolute atomic E-state index is 0.284. The zero-order valence-corrected chi connectivity index (χ0v) is 20.5. The number of hydrogen-bond donors (Lipinski definition) is 1. The Kier molecular flexibility index (Phi) is 7.78. The molecule has 0 aromatic heterocycles. The Hall–Kier alpha value is -1.59. The van der Waals surface area contributed by atoms with Crippen LogP contribution in [0.5, 0.6) is 11.5 Å². The largest absolute Gasteiger partial charge is 0.493 e. The fraction of sp³-hybridized carbons (Fsp3) is 0.741. The Bertz CT molecular complexity index is 787. The van der Waals surface area contributed by atoms with Crippen molar-refractivity contribution in [2.45, 2.75) is 64.8 Å². The lowest BCUT2D eigenvalue weighted by molar-refractivity contribution is -0.124. The van der Waals surface area contributed by atoms with E-state index in [9.17, 15) is 4.79 Å². The van der Waals surface area contributed by atoms with E-state index < -0.39 is 0 Å². The average Bonchev–Trinajstić information content (AvgIpc) is 2.81. The van der Waals surface area contributed by atoms with Crippen LogP contribution >= 0.6 is 0 Å². The molecule has 32 heavy (non-hydrogen) atoms. The number of hydrogen-bond acceptors (Lipinski definition) is 5. The van der Waals surface area contributed by atoms with Gasteiger partial charge in [-0.25, -0.2) is 0 Å².